The summed E-state index contributed by atoms with van der Waals surface area (Å²) in [5, 5.41) is 8.82. The highest BCUT2D eigenvalue weighted by molar-refractivity contribution is 4.53. The lowest BCUT2D eigenvalue weighted by molar-refractivity contribution is 0.0564. The maximum atomic E-state index is 8.82. The highest BCUT2D eigenvalue weighted by atomic mass is 16.5. The number of ether oxygens (including phenoxy) is 1. The van der Waals surface area contributed by atoms with Crippen molar-refractivity contribution >= 4 is 0 Å². The van der Waals surface area contributed by atoms with E-state index < -0.39 is 6.10 Å². The Morgan fingerprint density at radius 3 is 2.21 bits per heavy atom. The molecule has 85 valence electrons. The van der Waals surface area contributed by atoms with Crippen LogP contribution in [0.25, 0.3) is 0 Å². The van der Waals surface area contributed by atoms with Crippen LogP contribution in [0.4, 0.5) is 0 Å². The predicted molar refractivity (Wildman–Crippen MR) is 60.2 cm³/mol. The molecule has 14 heavy (non-hydrogen) atoms. The molecule has 2 heteroatoms. The number of unbranched alkanes of at least 4 members (excludes halogenated alkanes) is 6. The molecule has 0 aliphatic carbocycles. The van der Waals surface area contributed by atoms with E-state index in [4.69, 9.17) is 9.84 Å². The Labute approximate surface area is 88.7 Å². The molecule has 0 fully saturated rings. The van der Waals surface area contributed by atoms with Gasteiger partial charge < -0.3 is 9.84 Å². The summed E-state index contributed by atoms with van der Waals surface area (Å²) >= 11 is 0. The van der Waals surface area contributed by atoms with Crippen molar-refractivity contribution in [2.75, 3.05) is 13.2 Å². The van der Waals surface area contributed by atoms with Crippen LogP contribution in [0.15, 0.2) is 0 Å². The lowest BCUT2D eigenvalue weighted by Gasteiger charge is -2.05. The zero-order chi connectivity index (χ0) is 10.6. The van der Waals surface area contributed by atoms with E-state index in [-0.39, 0.29) is 0 Å². The van der Waals surface area contributed by atoms with Gasteiger partial charge in [0.2, 0.25) is 0 Å². The first-order valence-electron chi connectivity index (χ1n) is 5.86. The van der Waals surface area contributed by atoms with Crippen LogP contribution >= 0.6 is 0 Å². The molecule has 0 aromatic carbocycles. The monoisotopic (exact) mass is 201 g/mol. The van der Waals surface area contributed by atoms with E-state index in [1.54, 1.807) is 0 Å². The number of hydrogen-bond acceptors (Lipinski definition) is 2. The maximum Gasteiger partial charge on any atom is 0.0774 e. The fraction of sp³-hybridized carbons (Fsp3) is 0.917. The van der Waals surface area contributed by atoms with Crippen molar-refractivity contribution in [3.05, 3.63) is 6.92 Å². The van der Waals surface area contributed by atoms with Crippen LogP contribution in [0.2, 0.25) is 0 Å². The SMILES string of the molecule is [CH2]C(O)COCCCCCCCCC. The van der Waals surface area contributed by atoms with Crippen LogP contribution in [0.5, 0.6) is 0 Å². The second-order valence-corrected chi connectivity index (χ2v) is 3.85. The maximum absolute atomic E-state index is 8.82. The molecule has 0 amide bonds. The minimum Gasteiger partial charge on any atom is -0.391 e. The molecule has 0 rings (SSSR count). The summed E-state index contributed by atoms with van der Waals surface area (Å²) < 4.78 is 5.21. The van der Waals surface area contributed by atoms with Gasteiger partial charge in [0.05, 0.1) is 12.7 Å². The van der Waals surface area contributed by atoms with Gasteiger partial charge >= 0.3 is 0 Å². The van der Waals surface area contributed by atoms with E-state index in [1.807, 2.05) is 0 Å². The number of rotatable bonds is 10. The van der Waals surface area contributed by atoms with Crippen LogP contribution in [-0.2, 0) is 4.74 Å². The Morgan fingerprint density at radius 1 is 1.07 bits per heavy atom. The fourth-order valence-corrected chi connectivity index (χ4v) is 1.38. The van der Waals surface area contributed by atoms with Crippen molar-refractivity contribution in [3.63, 3.8) is 0 Å². The average molecular weight is 201 g/mol. The van der Waals surface area contributed by atoms with Gasteiger partial charge in [0.25, 0.3) is 0 Å². The van der Waals surface area contributed by atoms with Crippen LogP contribution < -0.4 is 0 Å². The molecular weight excluding hydrogens is 176 g/mol. The van der Waals surface area contributed by atoms with Gasteiger partial charge in [-0.1, -0.05) is 45.4 Å². The third kappa shape index (κ3) is 11.9. The minimum absolute atomic E-state index is 0.371. The third-order valence-corrected chi connectivity index (χ3v) is 2.20. The van der Waals surface area contributed by atoms with Crippen LogP contribution in [-0.4, -0.2) is 24.4 Å². The minimum atomic E-state index is -0.570. The molecule has 1 N–H and O–H groups in total. The second-order valence-electron chi connectivity index (χ2n) is 3.85. The average Bonchev–Trinajstić information content (AvgIpc) is 2.15. The van der Waals surface area contributed by atoms with E-state index in [0.29, 0.717) is 6.61 Å². The van der Waals surface area contributed by atoms with E-state index >= 15 is 0 Å². The first-order valence-corrected chi connectivity index (χ1v) is 5.86. The van der Waals surface area contributed by atoms with E-state index in [0.717, 1.165) is 13.0 Å². The van der Waals surface area contributed by atoms with Gasteiger partial charge in [-0.25, -0.2) is 0 Å². The van der Waals surface area contributed by atoms with Gasteiger partial charge in [-0.05, 0) is 13.3 Å². The summed E-state index contributed by atoms with van der Waals surface area (Å²) in [7, 11) is 0. The normalized spacial score (nSPS) is 13.1. The number of hydrogen-bond donors (Lipinski definition) is 1. The summed E-state index contributed by atoms with van der Waals surface area (Å²) in [6, 6.07) is 0. The largest absolute Gasteiger partial charge is 0.391 e. The molecule has 0 saturated carbocycles. The topological polar surface area (TPSA) is 29.5 Å². The molecule has 0 aromatic heterocycles. The highest BCUT2D eigenvalue weighted by Crippen LogP contribution is 2.06. The molecule has 1 atom stereocenters. The van der Waals surface area contributed by atoms with Crippen molar-refractivity contribution in [3.8, 4) is 0 Å². The van der Waals surface area contributed by atoms with Crippen molar-refractivity contribution in [1.29, 1.82) is 0 Å². The Kier molecular flexibility index (Phi) is 10.9. The molecule has 0 bridgehead atoms. The Balaban J connectivity index is 2.85. The van der Waals surface area contributed by atoms with Crippen molar-refractivity contribution in [2.45, 2.75) is 58.0 Å². The smallest absolute Gasteiger partial charge is 0.0774 e. The molecule has 0 aliphatic rings. The second kappa shape index (κ2) is 11.0. The molecule has 0 aliphatic heterocycles. The molecule has 2 nitrogen and oxygen atoms in total. The van der Waals surface area contributed by atoms with Crippen LogP contribution in [0.1, 0.15) is 51.9 Å². The van der Waals surface area contributed by atoms with E-state index in [9.17, 15) is 0 Å². The van der Waals surface area contributed by atoms with E-state index in [1.165, 1.54) is 38.5 Å². The molecule has 0 heterocycles. The fourth-order valence-electron chi connectivity index (χ4n) is 1.38. The zero-order valence-corrected chi connectivity index (χ0v) is 9.50. The standard InChI is InChI=1S/C12H25O2/c1-3-4-5-6-7-8-9-10-14-11-12(2)13/h12-13H,2-11H2,1H3. The van der Waals surface area contributed by atoms with Crippen molar-refractivity contribution < 1.29 is 9.84 Å². The van der Waals surface area contributed by atoms with E-state index in [2.05, 4.69) is 13.8 Å². The lowest BCUT2D eigenvalue weighted by atomic mass is 10.1. The molecule has 0 saturated heterocycles. The molecule has 1 unspecified atom stereocenters. The quantitative estimate of drug-likeness (QED) is 0.551. The van der Waals surface area contributed by atoms with Gasteiger partial charge in [0, 0.05) is 6.61 Å². The first-order chi connectivity index (χ1) is 6.77. The Morgan fingerprint density at radius 2 is 1.64 bits per heavy atom. The summed E-state index contributed by atoms with van der Waals surface area (Å²) in [4.78, 5) is 0. The summed E-state index contributed by atoms with van der Waals surface area (Å²) in [5.74, 6) is 0. The molecular formula is C12H25O2. The summed E-state index contributed by atoms with van der Waals surface area (Å²) in [5.41, 5.74) is 0. The van der Waals surface area contributed by atoms with Crippen LogP contribution in [0.3, 0.4) is 0 Å². The predicted octanol–water partition coefficient (Wildman–Crippen LogP) is 2.95. The third-order valence-electron chi connectivity index (χ3n) is 2.20. The van der Waals surface area contributed by atoms with Gasteiger partial charge in [-0.15, -0.1) is 0 Å². The Hall–Kier alpha value is -0.0800. The van der Waals surface area contributed by atoms with Gasteiger partial charge in [0.15, 0.2) is 0 Å². The summed E-state index contributed by atoms with van der Waals surface area (Å²) in [6.07, 6.45) is 8.50. The molecule has 1 radical (unpaired) electrons. The van der Waals surface area contributed by atoms with Gasteiger partial charge in [-0.3, -0.25) is 0 Å². The highest BCUT2D eigenvalue weighted by Gasteiger charge is 1.95. The molecule has 0 aromatic rings. The van der Waals surface area contributed by atoms with Crippen molar-refractivity contribution in [2.24, 2.45) is 0 Å². The lowest BCUT2D eigenvalue weighted by Crippen LogP contribution is -2.11. The Bertz CT molecular complexity index is 102. The zero-order valence-electron chi connectivity index (χ0n) is 9.50. The first kappa shape index (κ1) is 13.9. The molecule has 0 spiro atoms. The van der Waals surface area contributed by atoms with Gasteiger partial charge in [0.1, 0.15) is 0 Å². The number of aliphatic hydroxyl groups excluding tert-OH is 1. The number of aliphatic hydroxyl groups is 1. The van der Waals surface area contributed by atoms with Gasteiger partial charge in [-0.2, -0.15) is 0 Å². The van der Waals surface area contributed by atoms with Crippen molar-refractivity contribution in [1.82, 2.24) is 0 Å². The van der Waals surface area contributed by atoms with Crippen LogP contribution in [0, 0.1) is 6.92 Å². The summed E-state index contributed by atoms with van der Waals surface area (Å²) in [6.45, 7) is 6.81.